The number of carbonyl (C=O) groups is 1. The highest BCUT2D eigenvalue weighted by molar-refractivity contribution is 5.95. The van der Waals surface area contributed by atoms with E-state index in [2.05, 4.69) is 4.98 Å². The van der Waals surface area contributed by atoms with E-state index in [-0.39, 0.29) is 23.8 Å². The highest BCUT2D eigenvalue weighted by atomic mass is 16.3. The zero-order valence-corrected chi connectivity index (χ0v) is 7.66. The van der Waals surface area contributed by atoms with Gasteiger partial charge in [-0.15, -0.1) is 0 Å². The van der Waals surface area contributed by atoms with Crippen molar-refractivity contribution in [2.24, 2.45) is 5.73 Å². The topological polar surface area (TPSA) is 76.2 Å². The van der Waals surface area contributed by atoms with Crippen LogP contribution in [0.4, 0.5) is 0 Å². The molecule has 3 N–H and O–H groups in total. The van der Waals surface area contributed by atoms with Gasteiger partial charge in [0.15, 0.2) is 5.78 Å². The van der Waals surface area contributed by atoms with Gasteiger partial charge in [-0.25, -0.2) is 4.98 Å². The lowest BCUT2D eigenvalue weighted by Crippen LogP contribution is -2.05. The third-order valence-corrected chi connectivity index (χ3v) is 1.75. The summed E-state index contributed by atoms with van der Waals surface area (Å²) in [4.78, 5) is 14.9. The molecule has 0 fully saturated rings. The van der Waals surface area contributed by atoms with Crippen LogP contribution in [0.2, 0.25) is 0 Å². The molecule has 1 rings (SSSR count). The molecule has 0 aromatic carbocycles. The number of aromatic hydroxyl groups is 1. The molecular weight excluding hydrogens is 168 g/mol. The maximum atomic E-state index is 11.0. The number of pyridine rings is 1. The molecule has 13 heavy (non-hydrogen) atoms. The van der Waals surface area contributed by atoms with Crippen molar-refractivity contribution in [3.05, 3.63) is 23.0 Å². The Kier molecular flexibility index (Phi) is 2.63. The van der Waals surface area contributed by atoms with Gasteiger partial charge in [-0.05, 0) is 13.0 Å². The fourth-order valence-corrected chi connectivity index (χ4v) is 1.14. The number of aromatic nitrogens is 1. The molecule has 0 aliphatic carbocycles. The molecule has 70 valence electrons. The highest BCUT2D eigenvalue weighted by Gasteiger charge is 2.12. The first-order valence-corrected chi connectivity index (χ1v) is 3.96. The molecule has 1 heterocycles. The monoisotopic (exact) mass is 180 g/mol. The van der Waals surface area contributed by atoms with Crippen LogP contribution in [-0.4, -0.2) is 15.9 Å². The number of carbonyl (C=O) groups excluding carboxylic acids is 1. The van der Waals surface area contributed by atoms with Crippen molar-refractivity contribution in [1.82, 2.24) is 4.98 Å². The van der Waals surface area contributed by atoms with Crippen LogP contribution >= 0.6 is 0 Å². The van der Waals surface area contributed by atoms with E-state index in [1.54, 1.807) is 13.0 Å². The van der Waals surface area contributed by atoms with Crippen LogP contribution in [0.5, 0.6) is 5.75 Å². The first-order chi connectivity index (χ1) is 6.06. The maximum Gasteiger partial charge on any atom is 0.181 e. The predicted molar refractivity (Wildman–Crippen MR) is 48.5 cm³/mol. The highest BCUT2D eigenvalue weighted by Crippen LogP contribution is 2.21. The Balaban J connectivity index is 3.35. The molecule has 0 aliphatic rings. The number of aryl methyl sites for hydroxylation is 1. The van der Waals surface area contributed by atoms with Crippen molar-refractivity contribution in [3.63, 3.8) is 0 Å². The smallest absolute Gasteiger partial charge is 0.181 e. The molecule has 0 saturated heterocycles. The molecule has 0 radical (unpaired) electrons. The predicted octanol–water partition coefficient (Wildman–Crippen LogP) is 0.757. The van der Waals surface area contributed by atoms with E-state index in [1.165, 1.54) is 6.92 Å². The van der Waals surface area contributed by atoms with Gasteiger partial charge in [0.1, 0.15) is 11.4 Å². The van der Waals surface area contributed by atoms with Gasteiger partial charge >= 0.3 is 0 Å². The summed E-state index contributed by atoms with van der Waals surface area (Å²) in [5, 5.41) is 9.52. The third kappa shape index (κ3) is 1.84. The Bertz CT molecular complexity index is 348. The number of ketones is 1. The summed E-state index contributed by atoms with van der Waals surface area (Å²) < 4.78 is 0. The van der Waals surface area contributed by atoms with Gasteiger partial charge in [0, 0.05) is 24.7 Å². The standard InChI is InChI=1S/C9H12N2O2/c1-5-3-7(4-10)9(13)8(11-5)6(2)12/h3,13H,4,10H2,1-2H3. The first-order valence-electron chi connectivity index (χ1n) is 3.96. The Hall–Kier alpha value is -1.42. The van der Waals surface area contributed by atoms with Gasteiger partial charge in [0.05, 0.1) is 0 Å². The summed E-state index contributed by atoms with van der Waals surface area (Å²) in [5.74, 6) is -0.350. The molecule has 4 nitrogen and oxygen atoms in total. The van der Waals surface area contributed by atoms with Crippen LogP contribution in [0.25, 0.3) is 0 Å². The van der Waals surface area contributed by atoms with Crippen LogP contribution in [0.3, 0.4) is 0 Å². The van der Waals surface area contributed by atoms with Crippen molar-refractivity contribution in [3.8, 4) is 5.75 Å². The van der Waals surface area contributed by atoms with Gasteiger partial charge in [-0.3, -0.25) is 4.79 Å². The molecule has 0 amide bonds. The zero-order chi connectivity index (χ0) is 10.0. The van der Waals surface area contributed by atoms with Crippen molar-refractivity contribution < 1.29 is 9.90 Å². The fraction of sp³-hybridized carbons (Fsp3) is 0.333. The van der Waals surface area contributed by atoms with E-state index in [4.69, 9.17) is 5.73 Å². The van der Waals surface area contributed by atoms with Gasteiger partial charge in [-0.2, -0.15) is 0 Å². The van der Waals surface area contributed by atoms with Crippen molar-refractivity contribution in [2.45, 2.75) is 20.4 Å². The molecular formula is C9H12N2O2. The molecule has 0 saturated carbocycles. The SMILES string of the molecule is CC(=O)c1nc(C)cc(CN)c1O. The van der Waals surface area contributed by atoms with E-state index in [0.29, 0.717) is 11.3 Å². The fourth-order valence-electron chi connectivity index (χ4n) is 1.14. The summed E-state index contributed by atoms with van der Waals surface area (Å²) in [7, 11) is 0. The van der Waals surface area contributed by atoms with E-state index < -0.39 is 0 Å². The Morgan fingerprint density at radius 1 is 1.69 bits per heavy atom. The summed E-state index contributed by atoms with van der Waals surface area (Å²) in [5.41, 5.74) is 6.72. The lowest BCUT2D eigenvalue weighted by Gasteiger charge is -2.06. The molecule has 0 aliphatic heterocycles. The van der Waals surface area contributed by atoms with Crippen molar-refractivity contribution in [1.29, 1.82) is 0 Å². The van der Waals surface area contributed by atoms with Crippen LogP contribution in [0.15, 0.2) is 6.07 Å². The van der Waals surface area contributed by atoms with E-state index >= 15 is 0 Å². The second-order valence-electron chi connectivity index (χ2n) is 2.88. The van der Waals surface area contributed by atoms with Gasteiger partial charge in [-0.1, -0.05) is 0 Å². The van der Waals surface area contributed by atoms with E-state index in [0.717, 1.165) is 0 Å². The molecule has 0 spiro atoms. The molecule has 4 heteroatoms. The second kappa shape index (κ2) is 3.53. The number of hydrogen-bond donors (Lipinski definition) is 2. The van der Waals surface area contributed by atoms with Crippen LogP contribution in [0, 0.1) is 6.92 Å². The normalized spacial score (nSPS) is 10.1. The number of Topliss-reactive ketones (excluding diaryl/α,β-unsaturated/α-hetero) is 1. The minimum atomic E-state index is -0.254. The summed E-state index contributed by atoms with van der Waals surface area (Å²) >= 11 is 0. The molecule has 0 atom stereocenters. The lowest BCUT2D eigenvalue weighted by atomic mass is 10.1. The van der Waals surface area contributed by atoms with Crippen LogP contribution in [0.1, 0.15) is 28.7 Å². The van der Waals surface area contributed by atoms with Crippen LogP contribution in [-0.2, 0) is 6.54 Å². The summed E-state index contributed by atoms with van der Waals surface area (Å²) in [6, 6.07) is 1.67. The minimum absolute atomic E-state index is 0.0967. The Morgan fingerprint density at radius 3 is 2.77 bits per heavy atom. The molecule has 1 aromatic rings. The van der Waals surface area contributed by atoms with E-state index in [9.17, 15) is 9.90 Å². The van der Waals surface area contributed by atoms with Crippen LogP contribution < -0.4 is 5.73 Å². The Morgan fingerprint density at radius 2 is 2.31 bits per heavy atom. The largest absolute Gasteiger partial charge is 0.505 e. The van der Waals surface area contributed by atoms with Gasteiger partial charge in [0.2, 0.25) is 0 Å². The number of rotatable bonds is 2. The summed E-state index contributed by atoms with van der Waals surface area (Å²) in [6.45, 7) is 3.32. The number of nitrogens with zero attached hydrogens (tertiary/aromatic N) is 1. The average Bonchev–Trinajstić information content (AvgIpc) is 2.08. The molecule has 0 bridgehead atoms. The summed E-state index contributed by atoms with van der Waals surface area (Å²) in [6.07, 6.45) is 0. The third-order valence-electron chi connectivity index (χ3n) is 1.75. The molecule has 1 aromatic heterocycles. The van der Waals surface area contributed by atoms with Gasteiger partial charge < -0.3 is 10.8 Å². The average molecular weight is 180 g/mol. The number of nitrogens with two attached hydrogens (primary N) is 1. The minimum Gasteiger partial charge on any atom is -0.505 e. The lowest BCUT2D eigenvalue weighted by molar-refractivity contribution is 0.101. The van der Waals surface area contributed by atoms with E-state index in [1.807, 2.05) is 0 Å². The quantitative estimate of drug-likeness (QED) is 0.659. The van der Waals surface area contributed by atoms with Crippen molar-refractivity contribution in [2.75, 3.05) is 0 Å². The van der Waals surface area contributed by atoms with Gasteiger partial charge in [0.25, 0.3) is 0 Å². The molecule has 0 unspecified atom stereocenters. The second-order valence-corrected chi connectivity index (χ2v) is 2.88. The first kappa shape index (κ1) is 9.67. The van der Waals surface area contributed by atoms with Crippen molar-refractivity contribution >= 4 is 5.78 Å². The Labute approximate surface area is 76.4 Å². The zero-order valence-electron chi connectivity index (χ0n) is 7.66. The number of hydrogen-bond acceptors (Lipinski definition) is 4. The maximum absolute atomic E-state index is 11.0.